The highest BCUT2D eigenvalue weighted by molar-refractivity contribution is 6.42. The molecule has 0 bridgehead atoms. The molecule has 0 spiro atoms. The number of rotatable bonds is 4. The summed E-state index contributed by atoms with van der Waals surface area (Å²) in [4.78, 5) is 14.1. The van der Waals surface area contributed by atoms with Crippen molar-refractivity contribution in [1.29, 1.82) is 0 Å². The lowest BCUT2D eigenvalue weighted by molar-refractivity contribution is -0.135. The smallest absolute Gasteiger partial charge is 0.226 e. The third-order valence-electron chi connectivity index (χ3n) is 3.71. The molecule has 0 saturated carbocycles. The molecule has 1 aliphatic heterocycles. The Hall–Kier alpha value is -0.970. The van der Waals surface area contributed by atoms with E-state index in [1.807, 2.05) is 11.8 Å². The average Bonchev–Trinajstić information content (AvgIpc) is 2.42. The van der Waals surface area contributed by atoms with Gasteiger partial charge in [-0.3, -0.25) is 4.79 Å². The number of nitrogens with two attached hydrogens (primary N) is 1. The average molecular weight is 331 g/mol. The Morgan fingerprint density at radius 1 is 1.43 bits per heavy atom. The Labute approximate surface area is 135 Å². The number of hydrogen-bond acceptors (Lipinski definition) is 3. The van der Waals surface area contributed by atoms with Crippen molar-refractivity contribution in [3.8, 4) is 5.75 Å². The number of benzene rings is 1. The molecule has 2 N–H and O–H groups in total. The predicted molar refractivity (Wildman–Crippen MR) is 85.0 cm³/mol. The van der Waals surface area contributed by atoms with Crippen LogP contribution in [0.4, 0.5) is 0 Å². The quantitative estimate of drug-likeness (QED) is 0.922. The van der Waals surface area contributed by atoms with Crippen LogP contribution < -0.4 is 10.5 Å². The molecule has 1 aliphatic rings. The lowest BCUT2D eigenvalue weighted by Crippen LogP contribution is -2.48. The first-order chi connectivity index (χ1) is 9.97. The minimum atomic E-state index is 0.106. The summed E-state index contributed by atoms with van der Waals surface area (Å²) in [5.41, 5.74) is 5.90. The standard InChI is InChI=1S/C15H20Cl2N2O2/c1-10-8-11(18)4-6-19(10)15(20)5-7-21-12-2-3-13(16)14(17)9-12/h2-3,9-11H,4-8,18H2,1H3/t10-,11+/m1/s1. The summed E-state index contributed by atoms with van der Waals surface area (Å²) in [7, 11) is 0. The monoisotopic (exact) mass is 330 g/mol. The topological polar surface area (TPSA) is 55.6 Å². The second kappa shape index (κ2) is 7.34. The third kappa shape index (κ3) is 4.50. The molecular formula is C15H20Cl2N2O2. The van der Waals surface area contributed by atoms with Gasteiger partial charge in [-0.2, -0.15) is 0 Å². The van der Waals surface area contributed by atoms with E-state index in [2.05, 4.69) is 0 Å². The van der Waals surface area contributed by atoms with Gasteiger partial charge in [0, 0.05) is 24.7 Å². The highest BCUT2D eigenvalue weighted by Crippen LogP contribution is 2.26. The first-order valence-corrected chi connectivity index (χ1v) is 7.86. The second-order valence-corrected chi connectivity index (χ2v) is 6.21. The highest BCUT2D eigenvalue weighted by Gasteiger charge is 2.26. The summed E-state index contributed by atoms with van der Waals surface area (Å²) in [6.07, 6.45) is 2.07. The highest BCUT2D eigenvalue weighted by atomic mass is 35.5. The SMILES string of the molecule is C[C@@H]1C[C@@H](N)CCN1C(=O)CCOc1ccc(Cl)c(Cl)c1. The number of amides is 1. The molecule has 1 aromatic carbocycles. The molecule has 1 fully saturated rings. The van der Waals surface area contributed by atoms with Crippen LogP contribution in [0, 0.1) is 0 Å². The fourth-order valence-electron chi connectivity index (χ4n) is 2.55. The maximum absolute atomic E-state index is 12.2. The normalized spacial score (nSPS) is 22.2. The maximum atomic E-state index is 12.2. The minimum Gasteiger partial charge on any atom is -0.493 e. The zero-order chi connectivity index (χ0) is 15.4. The first kappa shape index (κ1) is 16.4. The molecule has 0 radical (unpaired) electrons. The van der Waals surface area contributed by atoms with Gasteiger partial charge in [-0.05, 0) is 31.9 Å². The molecule has 4 nitrogen and oxygen atoms in total. The van der Waals surface area contributed by atoms with Crippen molar-refractivity contribution >= 4 is 29.1 Å². The van der Waals surface area contributed by atoms with Gasteiger partial charge >= 0.3 is 0 Å². The van der Waals surface area contributed by atoms with E-state index in [4.69, 9.17) is 33.7 Å². The van der Waals surface area contributed by atoms with Crippen molar-refractivity contribution in [2.75, 3.05) is 13.2 Å². The summed E-state index contributed by atoms with van der Waals surface area (Å²) >= 11 is 11.7. The largest absolute Gasteiger partial charge is 0.493 e. The van der Waals surface area contributed by atoms with E-state index in [0.717, 1.165) is 19.4 Å². The molecule has 116 valence electrons. The molecule has 6 heteroatoms. The van der Waals surface area contributed by atoms with Gasteiger partial charge in [0.2, 0.25) is 5.91 Å². The summed E-state index contributed by atoms with van der Waals surface area (Å²) in [5, 5.41) is 0.928. The number of likely N-dealkylation sites (tertiary alicyclic amines) is 1. The maximum Gasteiger partial charge on any atom is 0.226 e. The number of piperidine rings is 1. The summed E-state index contributed by atoms with van der Waals surface area (Å²) < 4.78 is 5.54. The molecule has 1 heterocycles. The van der Waals surface area contributed by atoms with Gasteiger partial charge in [0.25, 0.3) is 0 Å². The second-order valence-electron chi connectivity index (χ2n) is 5.39. The Morgan fingerprint density at radius 2 is 2.19 bits per heavy atom. The van der Waals surface area contributed by atoms with Crippen LogP contribution in [0.25, 0.3) is 0 Å². The van der Waals surface area contributed by atoms with Crippen molar-refractivity contribution in [3.63, 3.8) is 0 Å². The van der Waals surface area contributed by atoms with Gasteiger partial charge in [0.05, 0.1) is 23.1 Å². The minimum absolute atomic E-state index is 0.106. The van der Waals surface area contributed by atoms with Crippen molar-refractivity contribution in [2.45, 2.75) is 38.3 Å². The molecule has 1 aromatic rings. The van der Waals surface area contributed by atoms with E-state index < -0.39 is 0 Å². The lowest BCUT2D eigenvalue weighted by Gasteiger charge is -2.36. The van der Waals surface area contributed by atoms with Gasteiger partial charge in [-0.25, -0.2) is 0 Å². The van der Waals surface area contributed by atoms with E-state index in [0.29, 0.717) is 28.8 Å². The van der Waals surface area contributed by atoms with Gasteiger partial charge in [0.1, 0.15) is 5.75 Å². The fourth-order valence-corrected chi connectivity index (χ4v) is 2.83. The molecule has 0 aromatic heterocycles. The van der Waals surface area contributed by atoms with Gasteiger partial charge in [-0.15, -0.1) is 0 Å². The van der Waals surface area contributed by atoms with Crippen LogP contribution in [0.5, 0.6) is 5.75 Å². The first-order valence-electron chi connectivity index (χ1n) is 7.10. The Morgan fingerprint density at radius 3 is 2.86 bits per heavy atom. The Bertz CT molecular complexity index is 510. The van der Waals surface area contributed by atoms with Crippen molar-refractivity contribution < 1.29 is 9.53 Å². The van der Waals surface area contributed by atoms with Crippen molar-refractivity contribution in [1.82, 2.24) is 4.90 Å². The summed E-state index contributed by atoms with van der Waals surface area (Å²) in [6, 6.07) is 5.47. The van der Waals surface area contributed by atoms with Crippen LogP contribution in [0.3, 0.4) is 0 Å². The molecule has 2 atom stereocenters. The van der Waals surface area contributed by atoms with Crippen LogP contribution in [0.2, 0.25) is 10.0 Å². The number of nitrogens with zero attached hydrogens (tertiary/aromatic N) is 1. The third-order valence-corrected chi connectivity index (χ3v) is 4.45. The van der Waals surface area contributed by atoms with Crippen LogP contribution in [0.1, 0.15) is 26.2 Å². The van der Waals surface area contributed by atoms with E-state index in [9.17, 15) is 4.79 Å². The van der Waals surface area contributed by atoms with E-state index in [1.165, 1.54) is 0 Å². The molecule has 0 aliphatic carbocycles. The number of ether oxygens (including phenoxy) is 1. The number of hydrogen-bond donors (Lipinski definition) is 1. The van der Waals surface area contributed by atoms with Crippen molar-refractivity contribution in [2.24, 2.45) is 5.73 Å². The number of carbonyl (C=O) groups excluding carboxylic acids is 1. The Kier molecular flexibility index (Phi) is 5.73. The van der Waals surface area contributed by atoms with Crippen molar-refractivity contribution in [3.05, 3.63) is 28.2 Å². The number of halogens is 2. The zero-order valence-electron chi connectivity index (χ0n) is 12.0. The molecule has 1 saturated heterocycles. The lowest BCUT2D eigenvalue weighted by atomic mass is 9.99. The fraction of sp³-hybridized carbons (Fsp3) is 0.533. The van der Waals surface area contributed by atoms with Gasteiger partial charge < -0.3 is 15.4 Å². The molecule has 1 amide bonds. The molecule has 2 rings (SSSR count). The van der Waals surface area contributed by atoms with Crippen LogP contribution in [-0.2, 0) is 4.79 Å². The summed E-state index contributed by atoms with van der Waals surface area (Å²) in [5.74, 6) is 0.723. The van der Waals surface area contributed by atoms with Gasteiger partial charge in [-0.1, -0.05) is 23.2 Å². The molecule has 0 unspecified atom stereocenters. The molecular weight excluding hydrogens is 311 g/mol. The van der Waals surface area contributed by atoms with E-state index in [1.54, 1.807) is 18.2 Å². The van der Waals surface area contributed by atoms with E-state index >= 15 is 0 Å². The van der Waals surface area contributed by atoms with E-state index in [-0.39, 0.29) is 18.0 Å². The zero-order valence-corrected chi connectivity index (χ0v) is 13.5. The summed E-state index contributed by atoms with van der Waals surface area (Å²) in [6.45, 7) is 3.09. The molecule has 21 heavy (non-hydrogen) atoms. The number of carbonyl (C=O) groups is 1. The van der Waals surface area contributed by atoms with Gasteiger partial charge in [0.15, 0.2) is 0 Å². The van der Waals surface area contributed by atoms with Crippen LogP contribution in [-0.4, -0.2) is 36.0 Å². The Balaban J connectivity index is 1.80. The van der Waals surface area contributed by atoms with Crippen LogP contribution in [0.15, 0.2) is 18.2 Å². The van der Waals surface area contributed by atoms with Crippen LogP contribution >= 0.6 is 23.2 Å². The predicted octanol–water partition coefficient (Wildman–Crippen LogP) is 3.10.